The summed E-state index contributed by atoms with van der Waals surface area (Å²) in [5.41, 5.74) is 4.22. The van der Waals surface area contributed by atoms with Crippen LogP contribution in [-0.2, 0) is 16.4 Å². The van der Waals surface area contributed by atoms with Crippen LogP contribution in [0.3, 0.4) is 0 Å². The van der Waals surface area contributed by atoms with Gasteiger partial charge in [-0.15, -0.1) is 0 Å². The van der Waals surface area contributed by atoms with E-state index in [-0.39, 0.29) is 16.6 Å². The third-order valence-corrected chi connectivity index (χ3v) is 9.53. The van der Waals surface area contributed by atoms with Crippen molar-refractivity contribution in [3.63, 3.8) is 0 Å². The lowest BCUT2D eigenvalue weighted by molar-refractivity contribution is -0.0229. The lowest BCUT2D eigenvalue weighted by atomic mass is 9.71. The molecule has 1 unspecified atom stereocenters. The first-order valence-electron chi connectivity index (χ1n) is 13.4. The largest absolute Gasteiger partial charge is 0.486 e. The maximum absolute atomic E-state index is 14.1. The van der Waals surface area contributed by atoms with Crippen molar-refractivity contribution in [2.45, 2.75) is 49.0 Å². The molecular weight excluding hydrogens is 496 g/mol. The molecule has 2 N–H and O–H groups in total. The minimum atomic E-state index is -3.77. The molecule has 3 aromatic carbocycles. The molecule has 0 amide bonds. The van der Waals surface area contributed by atoms with E-state index in [1.807, 2.05) is 0 Å². The maximum atomic E-state index is 14.1. The zero-order valence-corrected chi connectivity index (χ0v) is 22.1. The summed E-state index contributed by atoms with van der Waals surface area (Å²) in [6.07, 6.45) is 7.41. The number of ketones is 1. The number of benzene rings is 3. The molecule has 38 heavy (non-hydrogen) atoms. The zero-order valence-electron chi connectivity index (χ0n) is 21.3. The summed E-state index contributed by atoms with van der Waals surface area (Å²) < 4.78 is 35.1. The topological polar surface area (TPSA) is 84.5 Å². The normalized spacial score (nSPS) is 20.2. The van der Waals surface area contributed by atoms with E-state index in [9.17, 15) is 13.2 Å². The third-order valence-electron chi connectivity index (χ3n) is 8.14. The molecule has 7 heteroatoms. The fraction of sp³-hybridized carbons (Fsp3) is 0.323. The first kappa shape index (κ1) is 24.9. The summed E-state index contributed by atoms with van der Waals surface area (Å²) in [6.45, 7) is 1.61. The van der Waals surface area contributed by atoms with Crippen LogP contribution in [0.25, 0.3) is 5.57 Å². The fourth-order valence-electron chi connectivity index (χ4n) is 6.20. The number of hydrogen-bond donors (Lipinski definition) is 2. The van der Waals surface area contributed by atoms with Gasteiger partial charge in [-0.05, 0) is 85.8 Å². The molecule has 1 fully saturated rings. The van der Waals surface area contributed by atoms with Gasteiger partial charge < -0.3 is 10.1 Å². The first-order chi connectivity index (χ1) is 18.5. The van der Waals surface area contributed by atoms with Crippen molar-refractivity contribution >= 4 is 27.1 Å². The zero-order chi connectivity index (χ0) is 26.2. The highest BCUT2D eigenvalue weighted by Gasteiger charge is 2.49. The highest BCUT2D eigenvalue weighted by atomic mass is 32.2. The molecule has 0 saturated carbocycles. The predicted octanol–water partition coefficient (Wildman–Crippen LogP) is 5.61. The van der Waals surface area contributed by atoms with Crippen LogP contribution < -0.4 is 14.8 Å². The number of allylic oxidation sites excluding steroid dienone is 2. The van der Waals surface area contributed by atoms with Gasteiger partial charge in [0.25, 0.3) is 10.0 Å². The number of hydrogen-bond acceptors (Lipinski definition) is 5. The Morgan fingerprint density at radius 1 is 0.947 bits per heavy atom. The van der Waals surface area contributed by atoms with Crippen molar-refractivity contribution < 1.29 is 17.9 Å². The van der Waals surface area contributed by atoms with Gasteiger partial charge in [0, 0.05) is 18.5 Å². The predicted molar refractivity (Wildman–Crippen MR) is 149 cm³/mol. The van der Waals surface area contributed by atoms with Crippen molar-refractivity contribution in [2.75, 3.05) is 17.8 Å². The minimum absolute atomic E-state index is 0.0404. The van der Waals surface area contributed by atoms with Crippen molar-refractivity contribution in [1.29, 1.82) is 0 Å². The van der Waals surface area contributed by atoms with Gasteiger partial charge in [0.2, 0.25) is 0 Å². The molecule has 3 aromatic rings. The average Bonchev–Trinajstić information content (AvgIpc) is 2.94. The smallest absolute Gasteiger partial charge is 0.261 e. The average molecular weight is 529 g/mol. The number of anilines is 1. The van der Waals surface area contributed by atoms with Gasteiger partial charge in [-0.3, -0.25) is 9.52 Å². The Kier molecular flexibility index (Phi) is 6.58. The van der Waals surface area contributed by atoms with Gasteiger partial charge in [0.05, 0.1) is 16.4 Å². The van der Waals surface area contributed by atoms with E-state index < -0.39 is 15.6 Å². The number of carbonyl (C=O) groups excluding carboxylic acids is 1. The van der Waals surface area contributed by atoms with Crippen molar-refractivity contribution in [1.82, 2.24) is 5.32 Å². The van der Waals surface area contributed by atoms with Crippen LogP contribution in [0.15, 0.2) is 83.8 Å². The number of rotatable bonds is 6. The Bertz CT molecular complexity index is 1490. The van der Waals surface area contributed by atoms with E-state index >= 15 is 0 Å². The molecule has 3 aliphatic rings. The molecule has 6 nitrogen and oxygen atoms in total. The quantitative estimate of drug-likeness (QED) is 0.434. The number of Topliss-reactive ketones (excluding diaryl/α,β-unsaturated/α-hetero) is 1. The molecular formula is C31H32N2O4S. The minimum Gasteiger partial charge on any atom is -0.486 e. The molecule has 2 heterocycles. The van der Waals surface area contributed by atoms with Crippen LogP contribution in [0.4, 0.5) is 5.69 Å². The number of nitrogens with one attached hydrogen (secondary N) is 2. The molecule has 196 valence electrons. The van der Waals surface area contributed by atoms with Crippen LogP contribution in [0.5, 0.6) is 5.75 Å². The van der Waals surface area contributed by atoms with Gasteiger partial charge in [-0.1, -0.05) is 48.5 Å². The van der Waals surface area contributed by atoms with Crippen molar-refractivity contribution in [3.05, 3.63) is 95.6 Å². The van der Waals surface area contributed by atoms with Gasteiger partial charge in [-0.2, -0.15) is 0 Å². The molecule has 1 atom stereocenters. The summed E-state index contributed by atoms with van der Waals surface area (Å²) in [4.78, 5) is 14.3. The van der Waals surface area contributed by atoms with E-state index in [4.69, 9.17) is 4.74 Å². The Morgan fingerprint density at radius 2 is 1.71 bits per heavy atom. The van der Waals surface area contributed by atoms with Gasteiger partial charge >= 0.3 is 0 Å². The lowest BCUT2D eigenvalue weighted by Gasteiger charge is -2.46. The molecule has 1 saturated heterocycles. The summed E-state index contributed by atoms with van der Waals surface area (Å²) in [7, 11) is -3.77. The van der Waals surface area contributed by atoms with Gasteiger partial charge in [0.1, 0.15) is 11.4 Å². The van der Waals surface area contributed by atoms with E-state index in [0.717, 1.165) is 45.2 Å². The summed E-state index contributed by atoms with van der Waals surface area (Å²) >= 11 is 0. The molecule has 0 radical (unpaired) electrons. The van der Waals surface area contributed by atoms with E-state index in [1.54, 1.807) is 48.5 Å². The number of aryl methyl sites for hydroxylation is 1. The van der Waals surface area contributed by atoms with Crippen molar-refractivity contribution in [3.8, 4) is 5.75 Å². The summed E-state index contributed by atoms with van der Waals surface area (Å²) in [5.74, 6) is 0.282. The highest BCUT2D eigenvalue weighted by Crippen LogP contribution is 2.46. The summed E-state index contributed by atoms with van der Waals surface area (Å²) in [5, 5.41) is 3.41. The molecule has 6 rings (SSSR count). The molecule has 0 aromatic heterocycles. The van der Waals surface area contributed by atoms with Crippen LogP contribution >= 0.6 is 0 Å². The number of piperidine rings is 1. The number of ether oxygens (including phenoxy) is 1. The van der Waals surface area contributed by atoms with E-state index in [1.165, 1.54) is 16.7 Å². The maximum Gasteiger partial charge on any atom is 0.261 e. The number of fused-ring (bicyclic) bond motifs is 2. The van der Waals surface area contributed by atoms with Crippen LogP contribution in [0.2, 0.25) is 0 Å². The third kappa shape index (κ3) is 4.65. The Morgan fingerprint density at radius 3 is 2.53 bits per heavy atom. The highest BCUT2D eigenvalue weighted by molar-refractivity contribution is 7.92. The van der Waals surface area contributed by atoms with Crippen LogP contribution in [-0.4, -0.2) is 32.9 Å². The second kappa shape index (κ2) is 10.0. The standard InChI is InChI=1S/C31H32N2O4S/c34-30-27-21-24(33-38(35,36)25-10-2-1-3-11-25)14-16-29(27)37-31(17-19-32-20-18-31)28(30)15-13-23-9-6-8-22-7-4-5-12-26(22)23/h1-5,7,9-12,14,16,21,28,32-33H,6,8,13,15,17-20H2. The number of sulfonamides is 1. The Hall–Kier alpha value is -3.42. The van der Waals surface area contributed by atoms with Crippen molar-refractivity contribution in [2.24, 2.45) is 5.92 Å². The summed E-state index contributed by atoms with van der Waals surface area (Å²) in [6, 6.07) is 21.8. The van der Waals surface area contributed by atoms with Gasteiger partial charge in [0.15, 0.2) is 5.78 Å². The SMILES string of the molecule is O=C1c2cc(NS(=O)(=O)c3ccccc3)ccc2OC2(CCNCC2)C1CCC1=CCCc2ccccc21. The Labute approximate surface area is 224 Å². The Balaban J connectivity index is 1.29. The van der Waals surface area contributed by atoms with Crippen LogP contribution in [0, 0.1) is 5.92 Å². The second-order valence-electron chi connectivity index (χ2n) is 10.4. The fourth-order valence-corrected chi connectivity index (χ4v) is 7.27. The van der Waals surface area contributed by atoms with E-state index in [0.29, 0.717) is 23.4 Å². The molecule has 1 aliphatic carbocycles. The monoisotopic (exact) mass is 528 g/mol. The van der Waals surface area contributed by atoms with Crippen LogP contribution in [0.1, 0.15) is 53.6 Å². The molecule has 1 spiro atoms. The van der Waals surface area contributed by atoms with Gasteiger partial charge in [-0.25, -0.2) is 8.42 Å². The van der Waals surface area contributed by atoms with E-state index in [2.05, 4.69) is 40.4 Å². The first-order valence-corrected chi connectivity index (χ1v) is 14.9. The second-order valence-corrected chi connectivity index (χ2v) is 12.1. The number of carbonyl (C=O) groups is 1. The molecule has 2 aliphatic heterocycles. The lowest BCUT2D eigenvalue weighted by Crippen LogP contribution is -2.56. The molecule has 0 bridgehead atoms.